The third-order valence-corrected chi connectivity index (χ3v) is 5.60. The fraction of sp³-hybridized carbons (Fsp3) is 0.167. The molecule has 35 heavy (non-hydrogen) atoms. The molecule has 0 aliphatic carbocycles. The van der Waals surface area contributed by atoms with Gasteiger partial charge in [0, 0.05) is 25.2 Å². The third-order valence-electron chi connectivity index (χ3n) is 5.60. The zero-order valence-electron chi connectivity index (χ0n) is 17.8. The normalized spacial score (nSPS) is 16.3. The number of fused-ring (bicyclic) bond motifs is 2. The fourth-order valence-electron chi connectivity index (χ4n) is 3.89. The first-order valence-corrected chi connectivity index (χ1v) is 10.5. The summed E-state index contributed by atoms with van der Waals surface area (Å²) >= 11 is 0. The van der Waals surface area contributed by atoms with Crippen LogP contribution in [-0.2, 0) is 11.3 Å². The number of nitrogens with zero attached hydrogens (tertiary/aromatic N) is 2. The molecule has 1 fully saturated rings. The molecule has 2 aliphatic heterocycles. The highest BCUT2D eigenvalue weighted by molar-refractivity contribution is 5.95. The molecule has 2 aliphatic rings. The molecule has 0 aromatic heterocycles. The molecule has 0 saturated carbocycles. The first-order chi connectivity index (χ1) is 16.8. The minimum Gasteiger partial charge on any atom is -0.451 e. The summed E-state index contributed by atoms with van der Waals surface area (Å²) in [5, 5.41) is 2.52. The van der Waals surface area contributed by atoms with Crippen molar-refractivity contribution in [3.05, 3.63) is 83.2 Å². The lowest BCUT2D eigenvalue weighted by molar-refractivity contribution is 0.143. The molecule has 0 bridgehead atoms. The van der Waals surface area contributed by atoms with Gasteiger partial charge in [-0.05, 0) is 35.9 Å². The zero-order valence-corrected chi connectivity index (χ0v) is 17.8. The summed E-state index contributed by atoms with van der Waals surface area (Å²) in [6, 6.07) is 12.7. The number of ether oxygens (including phenoxy) is 2. The van der Waals surface area contributed by atoms with Crippen LogP contribution in [0.25, 0.3) is 0 Å². The zero-order chi connectivity index (χ0) is 24.7. The van der Waals surface area contributed by atoms with Crippen LogP contribution in [0.1, 0.15) is 12.0 Å². The lowest BCUT2D eigenvalue weighted by Gasteiger charge is -2.26. The fourth-order valence-corrected chi connectivity index (χ4v) is 3.89. The van der Waals surface area contributed by atoms with Crippen LogP contribution >= 0.6 is 0 Å². The van der Waals surface area contributed by atoms with Gasteiger partial charge in [0.25, 0.3) is 0 Å². The summed E-state index contributed by atoms with van der Waals surface area (Å²) in [5.41, 5.74) is 2.18. The molecule has 3 aromatic rings. The number of benzene rings is 3. The number of hydrogen-bond acceptors (Lipinski definition) is 5. The standard InChI is InChI=1S/C24H16F5N3O3/c25-17-18(26)20(28)22(21(29)19(17)27)34-14-7-5-13(6-8-14)30-24(33)35-16-9-10-32-11-12-3-1-2-4-15(12)31-23(16)32/h1-8,16H,9-11H2,(H,30,33)/t16-/m1/s1. The molecule has 11 heteroatoms. The van der Waals surface area contributed by atoms with Crippen molar-refractivity contribution in [2.24, 2.45) is 4.99 Å². The van der Waals surface area contributed by atoms with E-state index in [0.29, 0.717) is 25.3 Å². The lowest BCUT2D eigenvalue weighted by atomic mass is 10.1. The van der Waals surface area contributed by atoms with Crippen molar-refractivity contribution in [1.29, 1.82) is 0 Å². The van der Waals surface area contributed by atoms with Gasteiger partial charge >= 0.3 is 6.09 Å². The van der Waals surface area contributed by atoms with E-state index in [1.165, 1.54) is 24.3 Å². The summed E-state index contributed by atoms with van der Waals surface area (Å²) < 4.78 is 77.8. The van der Waals surface area contributed by atoms with Crippen molar-refractivity contribution in [1.82, 2.24) is 4.90 Å². The molecule has 2 heterocycles. The highest BCUT2D eigenvalue weighted by atomic mass is 19.2. The van der Waals surface area contributed by atoms with E-state index in [0.717, 1.165) is 11.3 Å². The van der Waals surface area contributed by atoms with Crippen LogP contribution in [0.5, 0.6) is 11.5 Å². The lowest BCUT2D eigenvalue weighted by Crippen LogP contribution is -2.34. The maximum Gasteiger partial charge on any atom is 0.412 e. The molecule has 1 saturated heterocycles. The minimum absolute atomic E-state index is 0.214. The topological polar surface area (TPSA) is 63.2 Å². The van der Waals surface area contributed by atoms with Gasteiger partial charge < -0.3 is 14.4 Å². The van der Waals surface area contributed by atoms with Gasteiger partial charge in [0.05, 0.1) is 5.69 Å². The van der Waals surface area contributed by atoms with Gasteiger partial charge in [-0.3, -0.25) is 5.32 Å². The van der Waals surface area contributed by atoms with Gasteiger partial charge in [-0.25, -0.2) is 23.0 Å². The molecule has 5 rings (SSSR count). The number of nitrogens with one attached hydrogen (secondary N) is 1. The molecule has 0 unspecified atom stereocenters. The van der Waals surface area contributed by atoms with Crippen LogP contribution in [0.15, 0.2) is 53.5 Å². The number of anilines is 1. The Labute approximate surface area is 195 Å². The highest BCUT2D eigenvalue weighted by Crippen LogP contribution is 2.34. The number of halogens is 5. The predicted molar refractivity (Wildman–Crippen MR) is 115 cm³/mol. The first kappa shape index (κ1) is 22.6. The Morgan fingerprint density at radius 2 is 1.57 bits per heavy atom. The Morgan fingerprint density at radius 3 is 2.29 bits per heavy atom. The monoisotopic (exact) mass is 489 g/mol. The largest absolute Gasteiger partial charge is 0.451 e. The van der Waals surface area contributed by atoms with Crippen molar-refractivity contribution in [2.75, 3.05) is 11.9 Å². The summed E-state index contributed by atoms with van der Waals surface area (Å²) in [6.45, 7) is 1.37. The summed E-state index contributed by atoms with van der Waals surface area (Å²) in [7, 11) is 0. The Hall–Kier alpha value is -4.15. The van der Waals surface area contributed by atoms with Crippen molar-refractivity contribution >= 4 is 23.3 Å². The Kier molecular flexibility index (Phi) is 5.75. The van der Waals surface area contributed by atoms with Crippen LogP contribution in [-0.4, -0.2) is 29.5 Å². The highest BCUT2D eigenvalue weighted by Gasteiger charge is 2.35. The van der Waals surface area contributed by atoms with Gasteiger partial charge in [0.2, 0.25) is 34.8 Å². The molecule has 3 aromatic carbocycles. The number of hydrogen-bond donors (Lipinski definition) is 1. The number of amides is 1. The van der Waals surface area contributed by atoms with Crippen LogP contribution in [0.2, 0.25) is 0 Å². The van der Waals surface area contributed by atoms with Gasteiger partial charge in [-0.2, -0.15) is 8.78 Å². The van der Waals surface area contributed by atoms with Gasteiger partial charge in [-0.15, -0.1) is 0 Å². The minimum atomic E-state index is -2.28. The second-order valence-corrected chi connectivity index (χ2v) is 7.85. The Morgan fingerprint density at radius 1 is 0.914 bits per heavy atom. The van der Waals surface area contributed by atoms with Crippen LogP contribution in [0, 0.1) is 29.1 Å². The van der Waals surface area contributed by atoms with Crippen molar-refractivity contribution in [2.45, 2.75) is 19.1 Å². The Balaban J connectivity index is 1.24. The van der Waals surface area contributed by atoms with E-state index in [1.54, 1.807) is 0 Å². The number of rotatable bonds is 4. The van der Waals surface area contributed by atoms with E-state index in [2.05, 4.69) is 10.3 Å². The van der Waals surface area contributed by atoms with Gasteiger partial charge in [0.15, 0.2) is 6.10 Å². The van der Waals surface area contributed by atoms with Gasteiger partial charge in [-0.1, -0.05) is 18.2 Å². The quantitative estimate of drug-likeness (QED) is 0.276. The van der Waals surface area contributed by atoms with E-state index < -0.39 is 47.0 Å². The van der Waals surface area contributed by atoms with E-state index in [9.17, 15) is 26.7 Å². The molecule has 0 radical (unpaired) electrons. The molecule has 180 valence electrons. The number of para-hydroxylation sites is 1. The number of carbonyl (C=O) groups is 1. The van der Waals surface area contributed by atoms with E-state index in [-0.39, 0.29) is 11.4 Å². The van der Waals surface area contributed by atoms with Crippen LogP contribution < -0.4 is 10.1 Å². The first-order valence-electron chi connectivity index (χ1n) is 10.5. The van der Waals surface area contributed by atoms with Crippen LogP contribution in [0.3, 0.4) is 0 Å². The summed E-state index contributed by atoms with van der Waals surface area (Å²) in [4.78, 5) is 19.1. The van der Waals surface area contributed by atoms with E-state index in [4.69, 9.17) is 9.47 Å². The molecular formula is C24H16F5N3O3. The summed E-state index contributed by atoms with van der Waals surface area (Å²) in [6.07, 6.45) is -0.693. The maximum atomic E-state index is 13.8. The van der Waals surface area contributed by atoms with E-state index in [1.807, 2.05) is 29.2 Å². The van der Waals surface area contributed by atoms with Crippen molar-refractivity contribution in [3.8, 4) is 11.5 Å². The predicted octanol–water partition coefficient (Wildman–Crippen LogP) is 6.04. The number of aliphatic imine (C=N–C) groups is 1. The molecular weight excluding hydrogens is 473 g/mol. The molecule has 6 nitrogen and oxygen atoms in total. The maximum absolute atomic E-state index is 13.8. The Bertz CT molecular complexity index is 1320. The van der Waals surface area contributed by atoms with Crippen molar-refractivity contribution < 1.29 is 36.2 Å². The van der Waals surface area contributed by atoms with E-state index >= 15 is 0 Å². The SMILES string of the molecule is O=C(Nc1ccc(Oc2c(F)c(F)c(F)c(F)c2F)cc1)O[C@@H]1CCN2Cc3ccccc3N=C12. The average molecular weight is 489 g/mol. The number of carbonyl (C=O) groups excluding carboxylic acids is 1. The third kappa shape index (κ3) is 4.25. The van der Waals surface area contributed by atoms with Gasteiger partial charge in [0.1, 0.15) is 11.6 Å². The second kappa shape index (κ2) is 8.90. The molecule has 1 atom stereocenters. The second-order valence-electron chi connectivity index (χ2n) is 7.85. The average Bonchev–Trinajstić information content (AvgIpc) is 3.25. The van der Waals surface area contributed by atoms with Crippen LogP contribution in [0.4, 0.5) is 38.1 Å². The molecule has 1 amide bonds. The summed E-state index contributed by atoms with van der Waals surface area (Å²) in [5.74, 6) is -11.7. The molecule has 1 N–H and O–H groups in total. The number of amidine groups is 1. The smallest absolute Gasteiger partial charge is 0.412 e. The molecule has 0 spiro atoms. The van der Waals surface area contributed by atoms with Crippen molar-refractivity contribution in [3.63, 3.8) is 0 Å².